The van der Waals surface area contributed by atoms with E-state index in [-0.39, 0.29) is 26.3 Å². The van der Waals surface area contributed by atoms with E-state index in [9.17, 15) is 13.2 Å². The summed E-state index contributed by atoms with van der Waals surface area (Å²) in [6.45, 7) is 0. The number of halogens is 3. The molecule has 0 radical (unpaired) electrons. The Kier molecular flexibility index (Phi) is 4.99. The quantitative estimate of drug-likeness (QED) is 0.776. The van der Waals surface area contributed by atoms with Gasteiger partial charge in [-0.25, -0.2) is 13.2 Å². The SMILES string of the molecule is O=C(O)c1cc(S(=O)(=O)Cc2cc(Br)cs2)c(Cl)cc1Cl. The molecule has 1 aromatic carbocycles. The van der Waals surface area contributed by atoms with Gasteiger partial charge in [-0.3, -0.25) is 0 Å². The summed E-state index contributed by atoms with van der Waals surface area (Å²) in [7, 11) is -3.77. The molecule has 0 bridgehead atoms. The van der Waals surface area contributed by atoms with Crippen LogP contribution in [-0.2, 0) is 15.6 Å². The van der Waals surface area contributed by atoms with Gasteiger partial charge in [0.2, 0.25) is 0 Å². The number of benzene rings is 1. The second-order valence-corrected chi connectivity index (χ2v) is 8.74. The average molecular weight is 430 g/mol. The molecule has 2 aromatic rings. The van der Waals surface area contributed by atoms with E-state index >= 15 is 0 Å². The number of thiophene rings is 1. The monoisotopic (exact) mass is 428 g/mol. The molecular weight excluding hydrogens is 423 g/mol. The molecule has 4 nitrogen and oxygen atoms in total. The zero-order chi connectivity index (χ0) is 15.8. The fraction of sp³-hybridized carbons (Fsp3) is 0.0833. The lowest BCUT2D eigenvalue weighted by Gasteiger charge is -2.08. The number of hydrogen-bond acceptors (Lipinski definition) is 4. The molecule has 1 aromatic heterocycles. The van der Waals surface area contributed by atoms with E-state index in [1.807, 2.05) is 0 Å². The molecule has 0 unspecified atom stereocenters. The molecule has 0 spiro atoms. The topological polar surface area (TPSA) is 71.4 Å². The fourth-order valence-electron chi connectivity index (χ4n) is 1.63. The molecule has 0 fully saturated rings. The molecule has 1 N–H and O–H groups in total. The van der Waals surface area contributed by atoms with Crippen LogP contribution in [0.25, 0.3) is 0 Å². The minimum absolute atomic E-state index is 0.0966. The Labute approximate surface area is 143 Å². The Bertz CT molecular complexity index is 815. The van der Waals surface area contributed by atoms with Crippen LogP contribution in [0, 0.1) is 0 Å². The van der Waals surface area contributed by atoms with Gasteiger partial charge in [-0.05, 0) is 34.1 Å². The van der Waals surface area contributed by atoms with Gasteiger partial charge in [0.25, 0.3) is 0 Å². The Morgan fingerprint density at radius 3 is 2.43 bits per heavy atom. The van der Waals surface area contributed by atoms with Gasteiger partial charge in [0.05, 0.1) is 26.3 Å². The van der Waals surface area contributed by atoms with Gasteiger partial charge >= 0.3 is 5.97 Å². The molecule has 0 aliphatic rings. The Balaban J connectivity index is 2.49. The van der Waals surface area contributed by atoms with Crippen molar-refractivity contribution >= 4 is 66.3 Å². The van der Waals surface area contributed by atoms with Crippen LogP contribution in [0.15, 0.2) is 32.9 Å². The maximum Gasteiger partial charge on any atom is 0.337 e. The number of carbonyl (C=O) groups is 1. The summed E-state index contributed by atoms with van der Waals surface area (Å²) in [6, 6.07) is 3.80. The van der Waals surface area contributed by atoms with Crippen molar-refractivity contribution in [3.8, 4) is 0 Å². The summed E-state index contributed by atoms with van der Waals surface area (Å²) in [5.41, 5.74) is -0.299. The summed E-state index contributed by atoms with van der Waals surface area (Å²) in [4.78, 5) is 11.4. The first-order chi connectivity index (χ1) is 9.70. The number of sulfone groups is 1. The predicted molar refractivity (Wildman–Crippen MR) is 86.3 cm³/mol. The van der Waals surface area contributed by atoms with Crippen LogP contribution in [0.1, 0.15) is 15.2 Å². The Morgan fingerprint density at radius 1 is 1.24 bits per heavy atom. The lowest BCUT2D eigenvalue weighted by atomic mass is 10.2. The van der Waals surface area contributed by atoms with Gasteiger partial charge in [0.15, 0.2) is 9.84 Å². The van der Waals surface area contributed by atoms with Gasteiger partial charge in [0, 0.05) is 14.7 Å². The maximum atomic E-state index is 12.4. The Morgan fingerprint density at radius 2 is 1.90 bits per heavy atom. The van der Waals surface area contributed by atoms with Crippen LogP contribution >= 0.6 is 50.5 Å². The van der Waals surface area contributed by atoms with Crippen molar-refractivity contribution in [2.45, 2.75) is 10.6 Å². The van der Waals surface area contributed by atoms with Gasteiger partial charge < -0.3 is 5.11 Å². The highest BCUT2D eigenvalue weighted by Crippen LogP contribution is 2.32. The Hall–Kier alpha value is -0.600. The van der Waals surface area contributed by atoms with E-state index in [2.05, 4.69) is 15.9 Å². The van der Waals surface area contributed by atoms with Gasteiger partial charge in [0.1, 0.15) is 0 Å². The summed E-state index contributed by atoms with van der Waals surface area (Å²) in [5, 5.41) is 10.6. The van der Waals surface area contributed by atoms with Crippen molar-refractivity contribution in [1.82, 2.24) is 0 Å². The van der Waals surface area contributed by atoms with Crippen LogP contribution in [0.4, 0.5) is 0 Å². The number of carboxylic acids is 1. The van der Waals surface area contributed by atoms with Crippen molar-refractivity contribution in [1.29, 1.82) is 0 Å². The lowest BCUT2D eigenvalue weighted by Crippen LogP contribution is -2.07. The highest BCUT2D eigenvalue weighted by molar-refractivity contribution is 9.10. The van der Waals surface area contributed by atoms with Gasteiger partial charge in [-0.1, -0.05) is 23.2 Å². The number of rotatable bonds is 4. The first-order valence-corrected chi connectivity index (χ1v) is 9.47. The predicted octanol–water partition coefficient (Wildman–Crippen LogP) is 4.49. The summed E-state index contributed by atoms with van der Waals surface area (Å²) >= 11 is 16.2. The first-order valence-electron chi connectivity index (χ1n) is 5.38. The van der Waals surface area contributed by atoms with Crippen molar-refractivity contribution in [2.24, 2.45) is 0 Å². The molecule has 2 rings (SSSR count). The van der Waals surface area contributed by atoms with Crippen LogP contribution < -0.4 is 0 Å². The lowest BCUT2D eigenvalue weighted by molar-refractivity contribution is 0.0697. The number of carboxylic acid groups (broad SMARTS) is 1. The zero-order valence-corrected chi connectivity index (χ0v) is 14.9. The van der Waals surface area contributed by atoms with Crippen LogP contribution in [-0.4, -0.2) is 19.5 Å². The van der Waals surface area contributed by atoms with E-state index in [1.54, 1.807) is 11.4 Å². The molecule has 1 heterocycles. The number of hydrogen-bond donors (Lipinski definition) is 1. The van der Waals surface area contributed by atoms with Crippen LogP contribution in [0.5, 0.6) is 0 Å². The summed E-state index contributed by atoms with van der Waals surface area (Å²) in [6.07, 6.45) is 0. The van der Waals surface area contributed by atoms with Gasteiger partial charge in [-0.15, -0.1) is 11.3 Å². The normalized spacial score (nSPS) is 11.6. The van der Waals surface area contributed by atoms with Crippen LogP contribution in [0.3, 0.4) is 0 Å². The highest BCUT2D eigenvalue weighted by Gasteiger charge is 2.23. The summed E-state index contributed by atoms with van der Waals surface area (Å²) in [5.74, 6) is -1.57. The molecule has 112 valence electrons. The fourth-order valence-corrected chi connectivity index (χ4v) is 5.68. The molecule has 0 aliphatic heterocycles. The van der Waals surface area contributed by atoms with E-state index in [4.69, 9.17) is 28.3 Å². The standard InChI is InChI=1S/C12H7BrCl2O4S2/c13-6-1-7(20-4-6)5-21(18,19)11-2-8(12(16)17)9(14)3-10(11)15/h1-4H,5H2,(H,16,17). The van der Waals surface area contributed by atoms with Gasteiger partial charge in [-0.2, -0.15) is 0 Å². The molecule has 21 heavy (non-hydrogen) atoms. The number of aromatic carboxylic acids is 1. The maximum absolute atomic E-state index is 12.4. The summed E-state index contributed by atoms with van der Waals surface area (Å²) < 4.78 is 25.6. The third kappa shape index (κ3) is 3.78. The van der Waals surface area contributed by atoms with E-state index in [0.29, 0.717) is 4.88 Å². The van der Waals surface area contributed by atoms with Crippen molar-refractivity contribution < 1.29 is 18.3 Å². The third-order valence-corrected chi connectivity index (χ3v) is 6.86. The first kappa shape index (κ1) is 16.8. The van der Waals surface area contributed by atoms with E-state index in [1.165, 1.54) is 11.3 Å². The van der Waals surface area contributed by atoms with E-state index < -0.39 is 15.8 Å². The van der Waals surface area contributed by atoms with Crippen molar-refractivity contribution in [2.75, 3.05) is 0 Å². The molecule has 0 atom stereocenters. The minimum Gasteiger partial charge on any atom is -0.478 e. The van der Waals surface area contributed by atoms with E-state index in [0.717, 1.165) is 16.6 Å². The zero-order valence-electron chi connectivity index (χ0n) is 10.1. The average Bonchev–Trinajstić information content (AvgIpc) is 2.72. The third-order valence-electron chi connectivity index (χ3n) is 2.54. The molecule has 0 saturated heterocycles. The van der Waals surface area contributed by atoms with Crippen molar-refractivity contribution in [3.63, 3.8) is 0 Å². The smallest absolute Gasteiger partial charge is 0.337 e. The highest BCUT2D eigenvalue weighted by atomic mass is 79.9. The second kappa shape index (κ2) is 6.26. The largest absolute Gasteiger partial charge is 0.478 e. The second-order valence-electron chi connectivity index (χ2n) is 4.06. The minimum atomic E-state index is -3.77. The van der Waals surface area contributed by atoms with Crippen molar-refractivity contribution in [3.05, 3.63) is 48.5 Å². The molecule has 0 saturated carbocycles. The molecule has 9 heteroatoms. The molecule has 0 amide bonds. The molecular formula is C12H7BrCl2O4S2. The molecule has 0 aliphatic carbocycles. The van der Waals surface area contributed by atoms with Crippen LogP contribution in [0.2, 0.25) is 10.0 Å².